The molecule has 116 valence electrons. The third-order valence-corrected chi connectivity index (χ3v) is 3.79. The molecule has 2 N–H and O–H groups in total. The normalized spacial score (nSPS) is 14.1. The number of rotatable bonds is 6. The number of aromatic nitrogens is 1. The van der Waals surface area contributed by atoms with E-state index in [4.69, 9.17) is 4.42 Å². The van der Waals surface area contributed by atoms with E-state index < -0.39 is 0 Å². The van der Waals surface area contributed by atoms with Gasteiger partial charge in [-0.25, -0.2) is 4.98 Å². The van der Waals surface area contributed by atoms with Crippen LogP contribution in [0.4, 0.5) is 5.69 Å². The van der Waals surface area contributed by atoms with E-state index >= 15 is 0 Å². The molecule has 1 amide bonds. The molecule has 2 aromatic rings. The molecule has 0 spiro atoms. The minimum absolute atomic E-state index is 0.0287. The number of carbonyl (C=O) groups excluding carboxylic acids is 1. The Bertz CT molecular complexity index is 674. The zero-order valence-electron chi connectivity index (χ0n) is 13.0. The van der Waals surface area contributed by atoms with Crippen LogP contribution in [-0.2, 0) is 4.79 Å². The molecule has 0 atom stereocenters. The fourth-order valence-electron chi connectivity index (χ4n) is 2.32. The Balaban J connectivity index is 1.64. The molecule has 1 heterocycles. The van der Waals surface area contributed by atoms with E-state index in [9.17, 15) is 4.79 Å². The first-order valence-electron chi connectivity index (χ1n) is 7.65. The van der Waals surface area contributed by atoms with Crippen LogP contribution in [0.1, 0.15) is 24.1 Å². The monoisotopic (exact) mass is 299 g/mol. The molecule has 5 nitrogen and oxygen atoms in total. The average Bonchev–Trinajstić information content (AvgIpc) is 3.21. The van der Waals surface area contributed by atoms with Crippen LogP contribution in [0.5, 0.6) is 0 Å². The van der Waals surface area contributed by atoms with Crippen LogP contribution in [-0.4, -0.2) is 24.0 Å². The number of nitrogens with zero attached hydrogens (tertiary/aromatic N) is 1. The molecular formula is C17H21N3O2. The first kappa shape index (κ1) is 14.8. The maximum absolute atomic E-state index is 11.9. The van der Waals surface area contributed by atoms with Crippen molar-refractivity contribution >= 4 is 11.6 Å². The molecular weight excluding hydrogens is 278 g/mol. The van der Waals surface area contributed by atoms with Gasteiger partial charge in [0.1, 0.15) is 6.26 Å². The van der Waals surface area contributed by atoms with Gasteiger partial charge in [0.25, 0.3) is 0 Å². The minimum atomic E-state index is -0.0287. The molecule has 0 unspecified atom stereocenters. The first-order valence-corrected chi connectivity index (χ1v) is 7.65. The number of amides is 1. The summed E-state index contributed by atoms with van der Waals surface area (Å²) in [5.41, 5.74) is 3.56. The maximum Gasteiger partial charge on any atom is 0.238 e. The highest BCUT2D eigenvalue weighted by atomic mass is 16.3. The van der Waals surface area contributed by atoms with Crippen LogP contribution in [0.15, 0.2) is 28.9 Å². The van der Waals surface area contributed by atoms with Crippen LogP contribution in [0, 0.1) is 19.8 Å². The zero-order chi connectivity index (χ0) is 15.5. The van der Waals surface area contributed by atoms with E-state index in [1.165, 1.54) is 12.8 Å². The fraction of sp³-hybridized carbons (Fsp3) is 0.412. The molecule has 22 heavy (non-hydrogen) atoms. The fourth-order valence-corrected chi connectivity index (χ4v) is 2.32. The summed E-state index contributed by atoms with van der Waals surface area (Å²) in [6.07, 6.45) is 4.19. The summed E-state index contributed by atoms with van der Waals surface area (Å²) in [6, 6.07) is 5.76. The van der Waals surface area contributed by atoms with Crippen molar-refractivity contribution in [2.75, 3.05) is 18.4 Å². The average molecular weight is 299 g/mol. The number of benzene rings is 1. The second-order valence-electron chi connectivity index (χ2n) is 5.95. The van der Waals surface area contributed by atoms with E-state index in [1.807, 2.05) is 32.0 Å². The van der Waals surface area contributed by atoms with E-state index in [2.05, 4.69) is 15.6 Å². The Morgan fingerprint density at radius 1 is 1.36 bits per heavy atom. The van der Waals surface area contributed by atoms with Crippen molar-refractivity contribution in [3.05, 3.63) is 35.7 Å². The molecule has 1 fully saturated rings. The van der Waals surface area contributed by atoms with Gasteiger partial charge < -0.3 is 15.1 Å². The molecule has 0 aliphatic heterocycles. The third-order valence-electron chi connectivity index (χ3n) is 3.79. The van der Waals surface area contributed by atoms with E-state index in [0.717, 1.165) is 35.0 Å². The van der Waals surface area contributed by atoms with Crippen LogP contribution in [0.25, 0.3) is 11.5 Å². The van der Waals surface area contributed by atoms with Crippen molar-refractivity contribution in [2.45, 2.75) is 26.7 Å². The SMILES string of the molecule is Cc1coc(-c2cc(NC(=O)CNCC3CC3)ccc2C)n1. The summed E-state index contributed by atoms with van der Waals surface area (Å²) in [5, 5.41) is 6.09. The topological polar surface area (TPSA) is 67.2 Å². The van der Waals surface area contributed by atoms with Crippen LogP contribution in [0.3, 0.4) is 0 Å². The second-order valence-corrected chi connectivity index (χ2v) is 5.95. The zero-order valence-corrected chi connectivity index (χ0v) is 13.0. The van der Waals surface area contributed by atoms with Crippen molar-refractivity contribution in [3.63, 3.8) is 0 Å². The number of oxazole rings is 1. The quantitative estimate of drug-likeness (QED) is 0.860. The van der Waals surface area contributed by atoms with Crippen LogP contribution >= 0.6 is 0 Å². The van der Waals surface area contributed by atoms with Crippen LogP contribution in [0.2, 0.25) is 0 Å². The third kappa shape index (κ3) is 3.74. The summed E-state index contributed by atoms with van der Waals surface area (Å²) in [7, 11) is 0. The molecule has 1 saturated carbocycles. The Kier molecular flexibility index (Phi) is 4.24. The van der Waals surface area contributed by atoms with Gasteiger partial charge in [-0.05, 0) is 56.8 Å². The van der Waals surface area contributed by atoms with Gasteiger partial charge in [-0.1, -0.05) is 6.07 Å². The van der Waals surface area contributed by atoms with E-state index in [-0.39, 0.29) is 5.91 Å². The van der Waals surface area contributed by atoms with E-state index in [1.54, 1.807) is 6.26 Å². The molecule has 3 rings (SSSR count). The number of aryl methyl sites for hydroxylation is 2. The number of hydrogen-bond acceptors (Lipinski definition) is 4. The Hall–Kier alpha value is -2.14. The summed E-state index contributed by atoms with van der Waals surface area (Å²) in [6.45, 7) is 5.16. The van der Waals surface area contributed by atoms with Crippen molar-refractivity contribution in [2.24, 2.45) is 5.92 Å². The summed E-state index contributed by atoms with van der Waals surface area (Å²) < 4.78 is 5.45. The highest BCUT2D eigenvalue weighted by Crippen LogP contribution is 2.27. The molecule has 0 bridgehead atoms. The maximum atomic E-state index is 11.9. The number of hydrogen-bond donors (Lipinski definition) is 2. The van der Waals surface area contributed by atoms with Crippen LogP contribution < -0.4 is 10.6 Å². The molecule has 1 aromatic carbocycles. The highest BCUT2D eigenvalue weighted by Gasteiger charge is 2.20. The van der Waals surface area contributed by atoms with Crippen molar-refractivity contribution in [1.29, 1.82) is 0 Å². The lowest BCUT2D eigenvalue weighted by atomic mass is 10.1. The van der Waals surface area contributed by atoms with Gasteiger partial charge in [0.15, 0.2) is 0 Å². The molecule has 1 aromatic heterocycles. The Morgan fingerprint density at radius 3 is 2.86 bits per heavy atom. The van der Waals surface area contributed by atoms with Gasteiger partial charge in [-0.15, -0.1) is 0 Å². The van der Waals surface area contributed by atoms with Gasteiger partial charge in [0.05, 0.1) is 12.2 Å². The lowest BCUT2D eigenvalue weighted by Crippen LogP contribution is -2.29. The molecule has 0 saturated heterocycles. The number of nitrogens with one attached hydrogen (secondary N) is 2. The second kappa shape index (κ2) is 6.32. The summed E-state index contributed by atoms with van der Waals surface area (Å²) >= 11 is 0. The highest BCUT2D eigenvalue weighted by molar-refractivity contribution is 5.92. The van der Waals surface area contributed by atoms with Crippen molar-refractivity contribution in [1.82, 2.24) is 10.3 Å². The lowest BCUT2D eigenvalue weighted by Gasteiger charge is -2.09. The molecule has 0 radical (unpaired) electrons. The number of anilines is 1. The smallest absolute Gasteiger partial charge is 0.238 e. The lowest BCUT2D eigenvalue weighted by molar-refractivity contribution is -0.115. The standard InChI is InChI=1S/C17H21N3O2/c1-11-3-6-14(7-15(11)17-19-12(2)10-22-17)20-16(21)9-18-8-13-4-5-13/h3,6-7,10,13,18H,4-5,8-9H2,1-2H3,(H,20,21). The van der Waals surface area contributed by atoms with Gasteiger partial charge in [-0.2, -0.15) is 0 Å². The largest absolute Gasteiger partial charge is 0.444 e. The Labute approximate surface area is 130 Å². The molecule has 1 aliphatic rings. The first-order chi connectivity index (χ1) is 10.6. The molecule has 1 aliphatic carbocycles. The van der Waals surface area contributed by atoms with Crippen molar-refractivity contribution < 1.29 is 9.21 Å². The number of carbonyl (C=O) groups is 1. The van der Waals surface area contributed by atoms with Gasteiger partial charge in [0.2, 0.25) is 11.8 Å². The summed E-state index contributed by atoms with van der Waals surface area (Å²) in [4.78, 5) is 16.3. The van der Waals surface area contributed by atoms with Gasteiger partial charge >= 0.3 is 0 Å². The van der Waals surface area contributed by atoms with Gasteiger partial charge in [0, 0.05) is 11.3 Å². The summed E-state index contributed by atoms with van der Waals surface area (Å²) in [5.74, 6) is 1.32. The van der Waals surface area contributed by atoms with E-state index in [0.29, 0.717) is 12.4 Å². The minimum Gasteiger partial charge on any atom is -0.444 e. The Morgan fingerprint density at radius 2 is 2.18 bits per heavy atom. The van der Waals surface area contributed by atoms with Gasteiger partial charge in [-0.3, -0.25) is 4.79 Å². The predicted molar refractivity (Wildman–Crippen MR) is 85.6 cm³/mol. The molecule has 5 heteroatoms. The van der Waals surface area contributed by atoms with Crippen molar-refractivity contribution in [3.8, 4) is 11.5 Å². The predicted octanol–water partition coefficient (Wildman–Crippen LogP) is 2.90.